The van der Waals surface area contributed by atoms with Gasteiger partial charge in [-0.15, -0.1) is 0 Å². The molecule has 1 amide bonds. The minimum atomic E-state index is 0.00260. The third-order valence-corrected chi connectivity index (χ3v) is 2.42. The molecule has 5 nitrogen and oxygen atoms in total. The number of phenolic OH excluding ortho intramolecular Hbond substituents is 1. The second kappa shape index (κ2) is 6.10. The van der Waals surface area contributed by atoms with E-state index in [9.17, 15) is 9.90 Å². The lowest BCUT2D eigenvalue weighted by Gasteiger charge is -2.17. The van der Waals surface area contributed by atoms with Gasteiger partial charge in [-0.25, -0.2) is 0 Å². The van der Waals surface area contributed by atoms with Crippen LogP contribution in [0.5, 0.6) is 11.5 Å². The van der Waals surface area contributed by atoms with Crippen molar-refractivity contribution in [2.75, 3.05) is 27.7 Å². The van der Waals surface area contributed by atoms with Crippen LogP contribution < -0.4 is 10.1 Å². The molecule has 0 saturated heterocycles. The first-order valence-electron chi connectivity index (χ1n) is 5.33. The van der Waals surface area contributed by atoms with Gasteiger partial charge in [-0.05, 0) is 24.7 Å². The van der Waals surface area contributed by atoms with E-state index in [1.54, 1.807) is 31.1 Å². The normalized spacial score (nSPS) is 10.1. The highest BCUT2D eigenvalue weighted by Gasteiger charge is 2.09. The van der Waals surface area contributed by atoms with E-state index in [0.29, 0.717) is 18.8 Å². The van der Waals surface area contributed by atoms with Gasteiger partial charge in [0.05, 0.1) is 13.7 Å². The van der Waals surface area contributed by atoms with Gasteiger partial charge >= 0.3 is 0 Å². The van der Waals surface area contributed by atoms with Crippen molar-refractivity contribution in [1.82, 2.24) is 10.2 Å². The van der Waals surface area contributed by atoms with Gasteiger partial charge in [0.15, 0.2) is 11.5 Å². The Morgan fingerprint density at radius 2 is 2.24 bits per heavy atom. The van der Waals surface area contributed by atoms with E-state index >= 15 is 0 Å². The van der Waals surface area contributed by atoms with Crippen LogP contribution in [0.3, 0.4) is 0 Å². The number of benzene rings is 1. The van der Waals surface area contributed by atoms with Crippen LogP contribution in [-0.4, -0.2) is 43.7 Å². The lowest BCUT2D eigenvalue weighted by Crippen LogP contribution is -2.33. The monoisotopic (exact) mass is 238 g/mol. The summed E-state index contributed by atoms with van der Waals surface area (Å²) >= 11 is 0. The molecule has 0 saturated carbocycles. The molecule has 1 rings (SSSR count). The highest BCUT2D eigenvalue weighted by Crippen LogP contribution is 2.26. The Morgan fingerprint density at radius 1 is 1.53 bits per heavy atom. The summed E-state index contributed by atoms with van der Waals surface area (Å²) in [7, 11) is 4.95. The number of amides is 1. The van der Waals surface area contributed by atoms with Gasteiger partial charge in [-0.3, -0.25) is 4.79 Å². The molecule has 0 aliphatic carbocycles. The summed E-state index contributed by atoms with van der Waals surface area (Å²) in [5.74, 6) is 0.514. The van der Waals surface area contributed by atoms with Crippen molar-refractivity contribution in [2.24, 2.45) is 0 Å². The van der Waals surface area contributed by atoms with Gasteiger partial charge in [0.1, 0.15) is 0 Å². The van der Waals surface area contributed by atoms with E-state index in [2.05, 4.69) is 5.32 Å². The number of methoxy groups -OCH3 is 1. The highest BCUT2D eigenvalue weighted by molar-refractivity contribution is 5.77. The van der Waals surface area contributed by atoms with E-state index in [1.165, 1.54) is 7.11 Å². The molecule has 1 aromatic rings. The fourth-order valence-corrected chi connectivity index (χ4v) is 1.48. The molecule has 1 aromatic carbocycles. The molecule has 94 valence electrons. The second-order valence-corrected chi connectivity index (χ2v) is 3.79. The number of rotatable bonds is 5. The first-order valence-corrected chi connectivity index (χ1v) is 5.33. The van der Waals surface area contributed by atoms with Gasteiger partial charge in [-0.2, -0.15) is 0 Å². The molecule has 0 heterocycles. The van der Waals surface area contributed by atoms with Gasteiger partial charge in [-0.1, -0.05) is 6.07 Å². The van der Waals surface area contributed by atoms with E-state index in [-0.39, 0.29) is 11.7 Å². The van der Waals surface area contributed by atoms with Crippen molar-refractivity contribution in [3.8, 4) is 11.5 Å². The SMILES string of the molecule is CNCC(=O)N(C)Cc1ccc(OC)c(O)c1. The number of phenols is 1. The molecule has 17 heavy (non-hydrogen) atoms. The molecule has 0 aliphatic rings. The zero-order valence-electron chi connectivity index (χ0n) is 10.4. The zero-order valence-corrected chi connectivity index (χ0v) is 10.4. The molecule has 0 aromatic heterocycles. The molecule has 0 bridgehead atoms. The maximum atomic E-state index is 11.5. The van der Waals surface area contributed by atoms with Crippen molar-refractivity contribution >= 4 is 5.91 Å². The smallest absolute Gasteiger partial charge is 0.236 e. The van der Waals surface area contributed by atoms with Crippen LogP contribution >= 0.6 is 0 Å². The summed E-state index contributed by atoms with van der Waals surface area (Å²) in [5.41, 5.74) is 0.857. The van der Waals surface area contributed by atoms with Gasteiger partial charge in [0.25, 0.3) is 0 Å². The van der Waals surface area contributed by atoms with Gasteiger partial charge in [0, 0.05) is 13.6 Å². The van der Waals surface area contributed by atoms with E-state index in [1.807, 2.05) is 6.07 Å². The minimum absolute atomic E-state index is 0.00260. The number of likely N-dealkylation sites (N-methyl/N-ethyl adjacent to an activating group) is 2. The average molecular weight is 238 g/mol. The Kier molecular flexibility index (Phi) is 4.78. The summed E-state index contributed by atoms with van der Waals surface area (Å²) in [5, 5.41) is 12.4. The number of hydrogen-bond donors (Lipinski definition) is 2. The third kappa shape index (κ3) is 3.64. The van der Waals surface area contributed by atoms with E-state index in [0.717, 1.165) is 5.56 Å². The number of aromatic hydroxyl groups is 1. The Morgan fingerprint density at radius 3 is 2.76 bits per heavy atom. The fourth-order valence-electron chi connectivity index (χ4n) is 1.48. The standard InChI is InChI=1S/C12H18N2O3/c1-13-7-12(16)14(2)8-9-4-5-11(17-3)10(15)6-9/h4-6,13,15H,7-8H2,1-3H3. The minimum Gasteiger partial charge on any atom is -0.504 e. The lowest BCUT2D eigenvalue weighted by atomic mass is 10.2. The molecule has 0 atom stereocenters. The molecule has 0 aliphatic heterocycles. The topological polar surface area (TPSA) is 61.8 Å². The highest BCUT2D eigenvalue weighted by atomic mass is 16.5. The summed E-state index contributed by atoms with van der Waals surface area (Å²) < 4.78 is 4.95. The fraction of sp³-hybridized carbons (Fsp3) is 0.417. The number of ether oxygens (including phenoxy) is 1. The van der Waals surface area contributed by atoms with Crippen molar-refractivity contribution in [3.63, 3.8) is 0 Å². The van der Waals surface area contributed by atoms with Gasteiger partial charge < -0.3 is 20.1 Å². The van der Waals surface area contributed by atoms with E-state index < -0.39 is 0 Å². The summed E-state index contributed by atoms with van der Waals surface area (Å²) in [4.78, 5) is 13.1. The Hall–Kier alpha value is -1.75. The van der Waals surface area contributed by atoms with Crippen molar-refractivity contribution in [1.29, 1.82) is 0 Å². The van der Waals surface area contributed by atoms with Crippen molar-refractivity contribution in [3.05, 3.63) is 23.8 Å². The lowest BCUT2D eigenvalue weighted by molar-refractivity contribution is -0.129. The van der Waals surface area contributed by atoms with Crippen LogP contribution in [0.1, 0.15) is 5.56 Å². The van der Waals surface area contributed by atoms with Crippen molar-refractivity contribution in [2.45, 2.75) is 6.54 Å². The number of hydrogen-bond acceptors (Lipinski definition) is 4. The molecule has 2 N–H and O–H groups in total. The number of carbonyl (C=O) groups excluding carboxylic acids is 1. The summed E-state index contributed by atoms with van der Waals surface area (Å²) in [6, 6.07) is 5.10. The van der Waals surface area contributed by atoms with Crippen LogP contribution in [0.15, 0.2) is 18.2 Å². The van der Waals surface area contributed by atoms with E-state index in [4.69, 9.17) is 4.74 Å². The molecule has 0 spiro atoms. The second-order valence-electron chi connectivity index (χ2n) is 3.79. The van der Waals surface area contributed by atoms with Crippen LogP contribution in [0.25, 0.3) is 0 Å². The Bertz CT molecular complexity index is 393. The quantitative estimate of drug-likeness (QED) is 0.787. The molecule has 0 unspecified atom stereocenters. The average Bonchev–Trinajstić information content (AvgIpc) is 2.29. The zero-order chi connectivity index (χ0) is 12.8. The molecular formula is C12H18N2O3. The van der Waals surface area contributed by atoms with Crippen LogP contribution in [-0.2, 0) is 11.3 Å². The number of nitrogens with one attached hydrogen (secondary N) is 1. The van der Waals surface area contributed by atoms with Crippen LogP contribution in [0.2, 0.25) is 0 Å². The summed E-state index contributed by atoms with van der Waals surface area (Å²) in [6.07, 6.45) is 0. The first kappa shape index (κ1) is 13.3. The molecule has 0 radical (unpaired) electrons. The molecule has 0 fully saturated rings. The largest absolute Gasteiger partial charge is 0.504 e. The van der Waals surface area contributed by atoms with Gasteiger partial charge in [0.2, 0.25) is 5.91 Å². The predicted octanol–water partition coefficient (Wildman–Crippen LogP) is 0.579. The first-order chi connectivity index (χ1) is 8.08. The molecule has 5 heteroatoms. The Labute approximate surface area is 101 Å². The third-order valence-electron chi connectivity index (χ3n) is 2.42. The number of nitrogens with zero attached hydrogens (tertiary/aromatic N) is 1. The summed E-state index contributed by atoms with van der Waals surface area (Å²) in [6.45, 7) is 0.761. The van der Waals surface area contributed by atoms with Crippen LogP contribution in [0.4, 0.5) is 0 Å². The predicted molar refractivity (Wildman–Crippen MR) is 65.1 cm³/mol. The van der Waals surface area contributed by atoms with Crippen molar-refractivity contribution < 1.29 is 14.6 Å². The maximum absolute atomic E-state index is 11.5. The Balaban J connectivity index is 2.68. The maximum Gasteiger partial charge on any atom is 0.236 e. The van der Waals surface area contributed by atoms with Crippen LogP contribution in [0, 0.1) is 0 Å². The number of carbonyl (C=O) groups is 1. The molecular weight excluding hydrogens is 220 g/mol.